The maximum atomic E-state index is 11.9. The number of hydrogen-bond donors (Lipinski definition) is 1. The van der Waals surface area contributed by atoms with Gasteiger partial charge in [-0.2, -0.15) is 0 Å². The Morgan fingerprint density at radius 2 is 1.74 bits per heavy atom. The number of carbonyl (C=O) groups excluding carboxylic acids is 1. The molecule has 19 heavy (non-hydrogen) atoms. The lowest BCUT2D eigenvalue weighted by Gasteiger charge is -2.06. The molecule has 0 saturated carbocycles. The van der Waals surface area contributed by atoms with Crippen LogP contribution in [0.1, 0.15) is 10.4 Å². The van der Waals surface area contributed by atoms with E-state index in [1.165, 1.54) is 24.3 Å². The van der Waals surface area contributed by atoms with Crippen molar-refractivity contribution in [1.82, 2.24) is 0 Å². The third kappa shape index (κ3) is 3.08. The summed E-state index contributed by atoms with van der Waals surface area (Å²) < 4.78 is 0. The van der Waals surface area contributed by atoms with Gasteiger partial charge in [0.25, 0.3) is 11.6 Å². The summed E-state index contributed by atoms with van der Waals surface area (Å²) >= 11 is 5.90. The van der Waals surface area contributed by atoms with Crippen LogP contribution >= 0.6 is 11.6 Å². The Morgan fingerprint density at radius 1 is 1.11 bits per heavy atom. The number of amides is 1. The molecule has 1 N–H and O–H groups in total. The van der Waals surface area contributed by atoms with Gasteiger partial charge in [-0.25, -0.2) is 0 Å². The zero-order valence-corrected chi connectivity index (χ0v) is 10.4. The number of halogens is 1. The quantitative estimate of drug-likeness (QED) is 0.689. The number of anilines is 1. The Morgan fingerprint density at radius 3 is 2.32 bits per heavy atom. The van der Waals surface area contributed by atoms with E-state index in [0.29, 0.717) is 16.3 Å². The van der Waals surface area contributed by atoms with Crippen molar-refractivity contribution in [3.63, 3.8) is 0 Å². The maximum absolute atomic E-state index is 11.9. The van der Waals surface area contributed by atoms with E-state index in [4.69, 9.17) is 11.6 Å². The second-order valence-corrected chi connectivity index (χ2v) is 4.15. The van der Waals surface area contributed by atoms with Crippen molar-refractivity contribution in [3.05, 3.63) is 69.2 Å². The summed E-state index contributed by atoms with van der Waals surface area (Å²) in [6.45, 7) is 0. The summed E-state index contributed by atoms with van der Waals surface area (Å²) in [6, 6.07) is 12.2. The van der Waals surface area contributed by atoms with Gasteiger partial charge in [-0.3, -0.25) is 14.9 Å². The highest BCUT2D eigenvalue weighted by atomic mass is 35.5. The minimum Gasteiger partial charge on any atom is -0.322 e. The van der Waals surface area contributed by atoms with Crippen molar-refractivity contribution in [2.45, 2.75) is 0 Å². The second-order valence-electron chi connectivity index (χ2n) is 3.74. The first-order valence-corrected chi connectivity index (χ1v) is 5.76. The van der Waals surface area contributed by atoms with Crippen LogP contribution in [-0.4, -0.2) is 10.8 Å². The predicted octanol–water partition coefficient (Wildman–Crippen LogP) is 3.50. The Bertz CT molecular complexity index is 626. The summed E-state index contributed by atoms with van der Waals surface area (Å²) in [6.07, 6.45) is 0. The fraction of sp³-hybridized carbons (Fsp3) is 0. The molecule has 0 bridgehead atoms. The van der Waals surface area contributed by atoms with E-state index in [-0.39, 0.29) is 11.6 Å². The van der Waals surface area contributed by atoms with Crippen molar-refractivity contribution in [3.8, 4) is 0 Å². The normalized spacial score (nSPS) is 9.95. The van der Waals surface area contributed by atoms with Crippen molar-refractivity contribution in [2.75, 3.05) is 5.32 Å². The van der Waals surface area contributed by atoms with E-state index >= 15 is 0 Å². The van der Waals surface area contributed by atoms with E-state index in [1.54, 1.807) is 24.3 Å². The Balaban J connectivity index is 2.15. The Labute approximate surface area is 114 Å². The summed E-state index contributed by atoms with van der Waals surface area (Å²) in [7, 11) is 0. The SMILES string of the molecule is O=C(Nc1ccc([N+](=O)[O-])cc1)c1ccccc1Cl. The molecule has 2 aromatic carbocycles. The van der Waals surface area contributed by atoms with Crippen LogP contribution in [0.5, 0.6) is 0 Å². The van der Waals surface area contributed by atoms with Crippen LogP contribution in [0.25, 0.3) is 0 Å². The molecule has 6 heteroatoms. The number of hydrogen-bond acceptors (Lipinski definition) is 3. The third-order valence-corrected chi connectivity index (χ3v) is 2.78. The zero-order chi connectivity index (χ0) is 13.8. The highest BCUT2D eigenvalue weighted by Gasteiger charge is 2.10. The molecule has 96 valence electrons. The number of nitro groups is 1. The van der Waals surface area contributed by atoms with Gasteiger partial charge in [-0.1, -0.05) is 23.7 Å². The van der Waals surface area contributed by atoms with Gasteiger partial charge in [0, 0.05) is 17.8 Å². The molecule has 0 spiro atoms. The molecule has 0 aliphatic carbocycles. The smallest absolute Gasteiger partial charge is 0.269 e. The van der Waals surface area contributed by atoms with Gasteiger partial charge < -0.3 is 5.32 Å². The molecule has 0 heterocycles. The summed E-state index contributed by atoms with van der Waals surface area (Å²) in [5.41, 5.74) is 0.786. The zero-order valence-electron chi connectivity index (χ0n) is 9.67. The van der Waals surface area contributed by atoms with E-state index in [9.17, 15) is 14.9 Å². The van der Waals surface area contributed by atoms with Gasteiger partial charge in [-0.05, 0) is 24.3 Å². The first kappa shape index (κ1) is 13.0. The first-order valence-electron chi connectivity index (χ1n) is 5.38. The van der Waals surface area contributed by atoms with Crippen LogP contribution in [0.4, 0.5) is 11.4 Å². The van der Waals surface area contributed by atoms with Gasteiger partial charge in [0.1, 0.15) is 0 Å². The lowest BCUT2D eigenvalue weighted by atomic mass is 10.2. The largest absolute Gasteiger partial charge is 0.322 e. The van der Waals surface area contributed by atoms with Crippen LogP contribution < -0.4 is 5.32 Å². The third-order valence-electron chi connectivity index (χ3n) is 2.45. The van der Waals surface area contributed by atoms with E-state index in [0.717, 1.165) is 0 Å². The molecule has 0 fully saturated rings. The summed E-state index contributed by atoms with van der Waals surface area (Å²) in [5.74, 6) is -0.362. The topological polar surface area (TPSA) is 72.2 Å². The average Bonchev–Trinajstić information content (AvgIpc) is 2.39. The molecule has 1 amide bonds. The minimum atomic E-state index is -0.500. The number of rotatable bonds is 3. The molecule has 0 aromatic heterocycles. The van der Waals surface area contributed by atoms with E-state index < -0.39 is 4.92 Å². The molecule has 0 saturated heterocycles. The lowest BCUT2D eigenvalue weighted by Crippen LogP contribution is -2.12. The molecule has 2 rings (SSSR count). The number of nitrogens with zero attached hydrogens (tertiary/aromatic N) is 1. The van der Waals surface area contributed by atoms with E-state index in [2.05, 4.69) is 5.32 Å². The van der Waals surface area contributed by atoms with Gasteiger partial charge in [0.2, 0.25) is 0 Å². The van der Waals surface area contributed by atoms with Crippen LogP contribution in [0.2, 0.25) is 5.02 Å². The molecule has 5 nitrogen and oxygen atoms in total. The highest BCUT2D eigenvalue weighted by Crippen LogP contribution is 2.19. The summed E-state index contributed by atoms with van der Waals surface area (Å²) in [5, 5.41) is 13.5. The molecule has 0 aliphatic heterocycles. The van der Waals surface area contributed by atoms with Crippen molar-refractivity contribution < 1.29 is 9.72 Å². The fourth-order valence-corrected chi connectivity index (χ4v) is 1.73. The molecular weight excluding hydrogens is 268 g/mol. The van der Waals surface area contributed by atoms with Crippen molar-refractivity contribution >= 4 is 28.9 Å². The molecule has 0 radical (unpaired) electrons. The van der Waals surface area contributed by atoms with Gasteiger partial charge in [0.15, 0.2) is 0 Å². The minimum absolute atomic E-state index is 0.0317. The van der Waals surface area contributed by atoms with Crippen LogP contribution in [0, 0.1) is 10.1 Å². The van der Waals surface area contributed by atoms with Crippen molar-refractivity contribution in [1.29, 1.82) is 0 Å². The Hall–Kier alpha value is -2.40. The van der Waals surface area contributed by atoms with Gasteiger partial charge in [-0.15, -0.1) is 0 Å². The Kier molecular flexibility index (Phi) is 3.77. The first-order chi connectivity index (χ1) is 9.08. The van der Waals surface area contributed by atoms with Crippen LogP contribution in [-0.2, 0) is 0 Å². The average molecular weight is 277 g/mol. The molecule has 0 atom stereocenters. The number of nitrogens with one attached hydrogen (secondary N) is 1. The second kappa shape index (κ2) is 5.49. The molecular formula is C13H9ClN2O3. The lowest BCUT2D eigenvalue weighted by molar-refractivity contribution is -0.384. The number of carbonyl (C=O) groups is 1. The highest BCUT2D eigenvalue weighted by molar-refractivity contribution is 6.34. The standard InChI is InChI=1S/C13H9ClN2O3/c14-12-4-2-1-3-11(12)13(17)15-9-5-7-10(8-6-9)16(18)19/h1-8H,(H,15,17). The van der Waals surface area contributed by atoms with E-state index in [1.807, 2.05) is 0 Å². The maximum Gasteiger partial charge on any atom is 0.269 e. The number of non-ortho nitro benzene ring substituents is 1. The number of benzene rings is 2. The summed E-state index contributed by atoms with van der Waals surface area (Å²) in [4.78, 5) is 21.9. The van der Waals surface area contributed by atoms with Crippen LogP contribution in [0.15, 0.2) is 48.5 Å². The van der Waals surface area contributed by atoms with Gasteiger partial charge in [0.05, 0.1) is 15.5 Å². The molecule has 0 unspecified atom stereocenters. The molecule has 0 aliphatic rings. The number of nitro benzene ring substituents is 1. The fourth-order valence-electron chi connectivity index (χ4n) is 1.51. The van der Waals surface area contributed by atoms with Gasteiger partial charge >= 0.3 is 0 Å². The predicted molar refractivity (Wildman–Crippen MR) is 72.5 cm³/mol. The van der Waals surface area contributed by atoms with Crippen LogP contribution in [0.3, 0.4) is 0 Å². The van der Waals surface area contributed by atoms with Crippen molar-refractivity contribution in [2.24, 2.45) is 0 Å². The monoisotopic (exact) mass is 276 g/mol. The molecule has 2 aromatic rings.